The van der Waals surface area contributed by atoms with E-state index in [1.807, 2.05) is 36.4 Å². The summed E-state index contributed by atoms with van der Waals surface area (Å²) >= 11 is 2.28. The van der Waals surface area contributed by atoms with Crippen LogP contribution in [0.3, 0.4) is 0 Å². The Morgan fingerprint density at radius 1 is 0.966 bits per heavy atom. The Morgan fingerprint density at radius 3 is 2.38 bits per heavy atom. The van der Waals surface area contributed by atoms with Crippen molar-refractivity contribution in [3.63, 3.8) is 0 Å². The van der Waals surface area contributed by atoms with Gasteiger partial charge in [-0.05, 0) is 62.3 Å². The Kier molecular flexibility index (Phi) is 5.13. The van der Waals surface area contributed by atoms with Gasteiger partial charge in [0.2, 0.25) is 0 Å². The number of aliphatic carboxylic acids is 2. The molecule has 1 saturated heterocycles. The number of nitrogens with one attached hydrogen (secondary N) is 1. The molecule has 3 N–H and O–H groups in total. The highest BCUT2D eigenvalue weighted by Gasteiger charge is 2.43. The summed E-state index contributed by atoms with van der Waals surface area (Å²) in [7, 11) is 0. The Balaban J connectivity index is 1.80. The van der Waals surface area contributed by atoms with Crippen molar-refractivity contribution in [1.29, 1.82) is 0 Å². The zero-order chi connectivity index (χ0) is 20.7. The van der Waals surface area contributed by atoms with Crippen molar-refractivity contribution < 1.29 is 24.6 Å². The maximum Gasteiger partial charge on any atom is 0.328 e. The summed E-state index contributed by atoms with van der Waals surface area (Å²) < 4.78 is 1.10. The van der Waals surface area contributed by atoms with Gasteiger partial charge in [-0.2, -0.15) is 0 Å². The van der Waals surface area contributed by atoms with E-state index in [1.165, 1.54) is 0 Å². The summed E-state index contributed by atoms with van der Waals surface area (Å²) in [6, 6.07) is 12.3. The van der Waals surface area contributed by atoms with Gasteiger partial charge in [-0.25, -0.2) is 4.79 Å². The van der Waals surface area contributed by atoms with E-state index in [9.17, 15) is 24.6 Å². The van der Waals surface area contributed by atoms with Gasteiger partial charge in [-0.15, -0.1) is 0 Å². The molecule has 0 bridgehead atoms. The molecule has 1 aliphatic heterocycles. The van der Waals surface area contributed by atoms with Crippen LogP contribution in [0.2, 0.25) is 0 Å². The third kappa shape index (κ3) is 3.42. The zero-order valence-corrected chi connectivity index (χ0v) is 17.3. The first-order valence-corrected chi connectivity index (χ1v) is 10.1. The molecule has 1 fully saturated rings. The molecule has 1 amide bonds. The van der Waals surface area contributed by atoms with Crippen LogP contribution < -0.4 is 5.32 Å². The summed E-state index contributed by atoms with van der Waals surface area (Å²) in [5.41, 5.74) is 0.334. The number of rotatable bonds is 3. The fraction of sp³-hybridized carbons (Fsp3) is 0.190. The van der Waals surface area contributed by atoms with E-state index in [0.717, 1.165) is 30.0 Å². The first-order chi connectivity index (χ1) is 13.9. The molecule has 0 radical (unpaired) electrons. The predicted octanol–water partition coefficient (Wildman–Crippen LogP) is 2.55. The number of carbonyl (C=O) groups is 3. The SMILES string of the molecule is O=C(O)[C@H]1NCCN(C(=O)c2ccc3cc(I)c4ccccc4c3c2)[C@H]1C(=O)O. The van der Waals surface area contributed by atoms with Crippen molar-refractivity contribution in [2.24, 2.45) is 0 Å². The van der Waals surface area contributed by atoms with Crippen LogP contribution >= 0.6 is 22.6 Å². The molecule has 0 spiro atoms. The normalized spacial score (nSPS) is 19.4. The average Bonchev–Trinajstić information content (AvgIpc) is 2.72. The smallest absolute Gasteiger partial charge is 0.328 e. The summed E-state index contributed by atoms with van der Waals surface area (Å²) in [6.07, 6.45) is 0. The second-order valence-corrected chi connectivity index (χ2v) is 8.05. The summed E-state index contributed by atoms with van der Waals surface area (Å²) in [5, 5.41) is 25.5. The van der Waals surface area contributed by atoms with Gasteiger partial charge < -0.3 is 20.4 Å². The van der Waals surface area contributed by atoms with Crippen LogP contribution in [0.4, 0.5) is 0 Å². The van der Waals surface area contributed by atoms with Gasteiger partial charge in [0.1, 0.15) is 6.04 Å². The third-order valence-electron chi connectivity index (χ3n) is 5.21. The Labute approximate surface area is 179 Å². The standard InChI is InChI=1S/C21H17IN2O5/c22-16-10-11-5-6-12(9-15(11)13-3-1-2-4-14(13)16)19(25)24-8-7-23-17(20(26)27)18(24)21(28)29/h1-6,9-10,17-18,23H,7-8H2,(H,26,27)(H,28,29)/t17-,18+/m0/s1. The topological polar surface area (TPSA) is 107 Å². The van der Waals surface area contributed by atoms with E-state index < -0.39 is 29.9 Å². The highest BCUT2D eigenvalue weighted by molar-refractivity contribution is 14.1. The number of carboxylic acids is 2. The molecule has 3 aromatic carbocycles. The predicted molar refractivity (Wildman–Crippen MR) is 116 cm³/mol. The second-order valence-electron chi connectivity index (χ2n) is 6.89. The van der Waals surface area contributed by atoms with Crippen LogP contribution in [0.5, 0.6) is 0 Å². The fourth-order valence-electron chi connectivity index (χ4n) is 3.85. The molecule has 3 aromatic rings. The number of benzene rings is 3. The molecule has 7 nitrogen and oxygen atoms in total. The number of amides is 1. The summed E-state index contributed by atoms with van der Waals surface area (Å²) in [4.78, 5) is 37.5. The molecule has 148 valence electrons. The lowest BCUT2D eigenvalue weighted by Crippen LogP contribution is -2.65. The Morgan fingerprint density at radius 2 is 1.69 bits per heavy atom. The van der Waals surface area contributed by atoms with Crippen LogP contribution in [-0.2, 0) is 9.59 Å². The fourth-order valence-corrected chi connectivity index (χ4v) is 4.66. The molecule has 2 atom stereocenters. The number of hydrogen-bond donors (Lipinski definition) is 3. The summed E-state index contributed by atoms with van der Waals surface area (Å²) in [5.74, 6) is -3.14. The minimum atomic E-state index is -1.47. The van der Waals surface area contributed by atoms with E-state index in [0.29, 0.717) is 5.56 Å². The van der Waals surface area contributed by atoms with Gasteiger partial charge in [-0.3, -0.25) is 9.59 Å². The van der Waals surface area contributed by atoms with E-state index in [1.54, 1.807) is 12.1 Å². The van der Waals surface area contributed by atoms with Crippen LogP contribution in [-0.4, -0.2) is 58.1 Å². The van der Waals surface area contributed by atoms with Crippen molar-refractivity contribution in [2.75, 3.05) is 13.1 Å². The van der Waals surface area contributed by atoms with E-state index in [-0.39, 0.29) is 13.1 Å². The number of nitrogens with zero attached hydrogens (tertiary/aromatic N) is 1. The van der Waals surface area contributed by atoms with Crippen molar-refractivity contribution in [2.45, 2.75) is 12.1 Å². The Hall–Kier alpha value is -2.72. The van der Waals surface area contributed by atoms with Gasteiger partial charge in [0.15, 0.2) is 6.04 Å². The molecule has 8 heteroatoms. The van der Waals surface area contributed by atoms with Crippen LogP contribution in [0.25, 0.3) is 21.5 Å². The molecule has 0 aliphatic carbocycles. The van der Waals surface area contributed by atoms with Crippen LogP contribution in [0, 0.1) is 3.57 Å². The van der Waals surface area contributed by atoms with Crippen molar-refractivity contribution in [3.05, 3.63) is 57.7 Å². The number of hydrogen-bond acceptors (Lipinski definition) is 4. The van der Waals surface area contributed by atoms with Gasteiger partial charge in [0, 0.05) is 22.2 Å². The molecule has 4 rings (SSSR count). The van der Waals surface area contributed by atoms with E-state index in [2.05, 4.69) is 27.9 Å². The number of carboxylic acid groups (broad SMARTS) is 2. The Bertz CT molecular complexity index is 1160. The largest absolute Gasteiger partial charge is 0.480 e. The van der Waals surface area contributed by atoms with Gasteiger partial charge >= 0.3 is 11.9 Å². The molecule has 0 aromatic heterocycles. The number of fused-ring (bicyclic) bond motifs is 3. The molecular weight excluding hydrogens is 487 g/mol. The quantitative estimate of drug-likeness (QED) is 0.374. The average molecular weight is 504 g/mol. The van der Waals surface area contributed by atoms with Crippen molar-refractivity contribution in [3.8, 4) is 0 Å². The molecule has 1 heterocycles. The van der Waals surface area contributed by atoms with E-state index >= 15 is 0 Å². The van der Waals surface area contributed by atoms with Gasteiger partial charge in [0.25, 0.3) is 5.91 Å². The molecule has 29 heavy (non-hydrogen) atoms. The lowest BCUT2D eigenvalue weighted by atomic mass is 9.98. The lowest BCUT2D eigenvalue weighted by Gasteiger charge is -2.37. The number of halogens is 1. The monoisotopic (exact) mass is 504 g/mol. The van der Waals surface area contributed by atoms with E-state index in [4.69, 9.17) is 0 Å². The second kappa shape index (κ2) is 7.60. The van der Waals surface area contributed by atoms with Crippen LogP contribution in [0.15, 0.2) is 48.5 Å². The first-order valence-electron chi connectivity index (χ1n) is 8.99. The number of piperazine rings is 1. The molecule has 0 saturated carbocycles. The van der Waals surface area contributed by atoms with Crippen molar-refractivity contribution >= 4 is 62.0 Å². The zero-order valence-electron chi connectivity index (χ0n) is 15.1. The molecular formula is C21H17IN2O5. The van der Waals surface area contributed by atoms with Gasteiger partial charge in [-0.1, -0.05) is 30.3 Å². The summed E-state index contributed by atoms with van der Waals surface area (Å²) in [6.45, 7) is 0.326. The lowest BCUT2D eigenvalue weighted by molar-refractivity contribution is -0.152. The van der Waals surface area contributed by atoms with Crippen molar-refractivity contribution in [1.82, 2.24) is 10.2 Å². The number of carbonyl (C=O) groups excluding carboxylic acids is 1. The highest BCUT2D eigenvalue weighted by atomic mass is 127. The minimum Gasteiger partial charge on any atom is -0.480 e. The third-order valence-corrected chi connectivity index (χ3v) is 6.10. The maximum atomic E-state index is 13.2. The first kappa shape index (κ1) is 19.6. The maximum absolute atomic E-state index is 13.2. The molecule has 0 unspecified atom stereocenters. The highest BCUT2D eigenvalue weighted by Crippen LogP contribution is 2.31. The van der Waals surface area contributed by atoms with Crippen LogP contribution in [0.1, 0.15) is 10.4 Å². The van der Waals surface area contributed by atoms with Gasteiger partial charge in [0.05, 0.1) is 0 Å². The molecule has 1 aliphatic rings. The minimum absolute atomic E-state index is 0.116.